The smallest absolute Gasteiger partial charge is 0.273 e. The summed E-state index contributed by atoms with van der Waals surface area (Å²) in [6, 6.07) is 41.9. The zero-order chi connectivity index (χ0) is 33.5. The van der Waals surface area contributed by atoms with Crippen molar-refractivity contribution in [3.8, 4) is 5.75 Å². The van der Waals surface area contributed by atoms with Gasteiger partial charge >= 0.3 is 0 Å². The van der Waals surface area contributed by atoms with Gasteiger partial charge < -0.3 is 4.74 Å². The van der Waals surface area contributed by atoms with Crippen molar-refractivity contribution in [3.05, 3.63) is 172 Å². The van der Waals surface area contributed by atoms with Crippen molar-refractivity contribution >= 4 is 50.2 Å². The van der Waals surface area contributed by atoms with Gasteiger partial charge in [-0.2, -0.15) is 5.10 Å². The van der Waals surface area contributed by atoms with Gasteiger partial charge in [-0.3, -0.25) is 9.10 Å². The Balaban J connectivity index is 1.16. The monoisotopic (exact) mass is 673 g/mol. The number of carbonyl (C=O) groups excluding carboxylic acids is 1. The van der Waals surface area contributed by atoms with Crippen LogP contribution in [0.2, 0.25) is 5.02 Å². The molecule has 1 amide bonds. The van der Waals surface area contributed by atoms with E-state index in [1.807, 2.05) is 43.3 Å². The van der Waals surface area contributed by atoms with E-state index >= 15 is 0 Å². The molecule has 0 aliphatic rings. The minimum Gasteiger partial charge on any atom is -0.489 e. The first kappa shape index (κ1) is 32.5. The highest BCUT2D eigenvalue weighted by atomic mass is 35.5. The van der Waals surface area contributed by atoms with Crippen LogP contribution in [0, 0.1) is 6.92 Å². The lowest BCUT2D eigenvalue weighted by Crippen LogP contribution is -2.33. The molecule has 0 aliphatic heterocycles. The highest BCUT2D eigenvalue weighted by Gasteiger charge is 2.28. The second kappa shape index (κ2) is 14.5. The van der Waals surface area contributed by atoms with E-state index in [4.69, 9.17) is 16.3 Å². The maximum atomic E-state index is 14.0. The molecule has 0 bridgehead atoms. The highest BCUT2D eigenvalue weighted by molar-refractivity contribution is 7.92. The highest BCUT2D eigenvalue weighted by Crippen LogP contribution is 2.30. The topological polar surface area (TPSA) is 88.1 Å². The van der Waals surface area contributed by atoms with Gasteiger partial charge in [-0.15, -0.1) is 0 Å². The Bertz CT molecular complexity index is 2190. The zero-order valence-corrected chi connectivity index (χ0v) is 27.7. The zero-order valence-electron chi connectivity index (χ0n) is 26.1. The third-order valence-electron chi connectivity index (χ3n) is 7.74. The van der Waals surface area contributed by atoms with Gasteiger partial charge in [-0.25, -0.2) is 13.8 Å². The SMILES string of the molecule is Cc1ccc(S(=O)(=O)N(Cc2ccc(Cl)cc2)c2ccccc2C(=O)N/N=C\c2ccc(OCc3ccc4ccccc4c3)cc2)cc1. The summed E-state index contributed by atoms with van der Waals surface area (Å²) in [5, 5.41) is 7.03. The van der Waals surface area contributed by atoms with Crippen LogP contribution in [0.1, 0.15) is 32.6 Å². The number of anilines is 1. The van der Waals surface area contributed by atoms with E-state index in [2.05, 4.69) is 40.9 Å². The van der Waals surface area contributed by atoms with E-state index in [-0.39, 0.29) is 22.7 Å². The number of carbonyl (C=O) groups is 1. The Morgan fingerprint density at radius 1 is 0.792 bits per heavy atom. The summed E-state index contributed by atoms with van der Waals surface area (Å²) >= 11 is 6.08. The fraction of sp³-hybridized carbons (Fsp3) is 0.0769. The fourth-order valence-corrected chi connectivity index (χ4v) is 6.74. The van der Waals surface area contributed by atoms with Crippen LogP contribution >= 0.6 is 11.6 Å². The third-order valence-corrected chi connectivity index (χ3v) is 9.77. The molecule has 0 unspecified atom stereocenters. The molecule has 9 heteroatoms. The predicted octanol–water partition coefficient (Wildman–Crippen LogP) is 8.54. The average Bonchev–Trinajstić information content (AvgIpc) is 3.11. The molecule has 0 saturated heterocycles. The first-order valence-corrected chi connectivity index (χ1v) is 17.0. The molecular formula is C39H32ClN3O4S. The first-order valence-electron chi connectivity index (χ1n) is 15.2. The maximum Gasteiger partial charge on any atom is 0.273 e. The van der Waals surface area contributed by atoms with Gasteiger partial charge in [-0.05, 0) is 101 Å². The summed E-state index contributed by atoms with van der Waals surface area (Å²) in [6.07, 6.45) is 1.52. The molecule has 0 aliphatic carbocycles. The normalized spacial score (nSPS) is 11.5. The van der Waals surface area contributed by atoms with Crippen LogP contribution in [0.25, 0.3) is 10.8 Å². The Hall–Kier alpha value is -5.44. The van der Waals surface area contributed by atoms with E-state index in [1.165, 1.54) is 15.9 Å². The molecule has 7 nitrogen and oxygen atoms in total. The summed E-state index contributed by atoms with van der Waals surface area (Å²) in [5.74, 6) is 0.145. The van der Waals surface area contributed by atoms with E-state index in [9.17, 15) is 13.2 Å². The molecule has 0 fully saturated rings. The number of para-hydroxylation sites is 1. The molecule has 6 aromatic rings. The van der Waals surface area contributed by atoms with Crippen molar-refractivity contribution in [3.63, 3.8) is 0 Å². The maximum absolute atomic E-state index is 14.0. The minimum atomic E-state index is -4.07. The van der Waals surface area contributed by atoms with E-state index < -0.39 is 15.9 Å². The van der Waals surface area contributed by atoms with E-state index in [0.717, 1.165) is 22.1 Å². The van der Waals surface area contributed by atoms with Crippen molar-refractivity contribution in [1.82, 2.24) is 5.43 Å². The molecule has 240 valence electrons. The number of nitrogens with one attached hydrogen (secondary N) is 1. The van der Waals surface area contributed by atoms with Crippen LogP contribution in [-0.2, 0) is 23.2 Å². The van der Waals surface area contributed by atoms with Gasteiger partial charge in [0.05, 0.1) is 28.9 Å². The molecule has 0 spiro atoms. The van der Waals surface area contributed by atoms with Crippen molar-refractivity contribution in [2.45, 2.75) is 25.0 Å². The van der Waals surface area contributed by atoms with Crippen molar-refractivity contribution in [2.75, 3.05) is 4.31 Å². The molecule has 0 atom stereocenters. The van der Waals surface area contributed by atoms with Crippen LogP contribution in [0.4, 0.5) is 5.69 Å². The molecule has 0 radical (unpaired) electrons. The fourth-order valence-electron chi connectivity index (χ4n) is 5.15. The number of fused-ring (bicyclic) bond motifs is 1. The molecule has 0 saturated carbocycles. The molecular weight excluding hydrogens is 642 g/mol. The molecule has 48 heavy (non-hydrogen) atoms. The molecule has 1 N–H and O–H groups in total. The number of hydrogen-bond acceptors (Lipinski definition) is 5. The standard InChI is InChI=1S/C39H32ClN3O4S/c1-28-10-22-36(23-11-28)48(45,46)43(26-30-13-18-34(40)19-14-30)38-9-5-4-8-37(38)39(44)42-41-25-29-15-20-35(21-16-29)47-27-31-12-17-32-6-2-3-7-33(32)24-31/h2-25H,26-27H2,1H3,(H,42,44)/b41-25-. The summed E-state index contributed by atoms with van der Waals surface area (Å²) in [5.41, 5.74) is 6.36. The van der Waals surface area contributed by atoms with Crippen molar-refractivity contribution in [2.24, 2.45) is 5.10 Å². The van der Waals surface area contributed by atoms with Crippen LogP contribution in [-0.4, -0.2) is 20.5 Å². The van der Waals surface area contributed by atoms with Gasteiger partial charge in [0.1, 0.15) is 12.4 Å². The summed E-state index contributed by atoms with van der Waals surface area (Å²) in [6.45, 7) is 2.30. The largest absolute Gasteiger partial charge is 0.489 e. The second-order valence-corrected chi connectivity index (χ2v) is 13.5. The molecule has 0 aromatic heterocycles. The van der Waals surface area contributed by atoms with Gasteiger partial charge in [0.25, 0.3) is 15.9 Å². The number of ether oxygens (including phenoxy) is 1. The Kier molecular flexibility index (Phi) is 9.85. The summed E-state index contributed by atoms with van der Waals surface area (Å²) < 4.78 is 35.3. The van der Waals surface area contributed by atoms with Gasteiger partial charge in [0.15, 0.2) is 0 Å². The Labute approximate surface area is 285 Å². The van der Waals surface area contributed by atoms with Crippen LogP contribution in [0.5, 0.6) is 5.75 Å². The lowest BCUT2D eigenvalue weighted by Gasteiger charge is -2.26. The number of rotatable bonds is 11. The molecule has 6 aromatic carbocycles. The van der Waals surface area contributed by atoms with Crippen molar-refractivity contribution < 1.29 is 17.9 Å². The van der Waals surface area contributed by atoms with Gasteiger partial charge in [0, 0.05) is 5.02 Å². The number of nitrogens with zero attached hydrogens (tertiary/aromatic N) is 2. The third kappa shape index (κ3) is 7.74. The van der Waals surface area contributed by atoms with Crippen LogP contribution in [0.15, 0.2) is 150 Å². The van der Waals surface area contributed by atoms with Crippen LogP contribution < -0.4 is 14.5 Å². The number of benzene rings is 6. The lowest BCUT2D eigenvalue weighted by molar-refractivity contribution is 0.0955. The number of hydrazone groups is 1. The predicted molar refractivity (Wildman–Crippen MR) is 192 cm³/mol. The number of amides is 1. The first-order chi connectivity index (χ1) is 23.3. The average molecular weight is 674 g/mol. The molecule has 6 rings (SSSR count). The van der Waals surface area contributed by atoms with Crippen molar-refractivity contribution in [1.29, 1.82) is 0 Å². The van der Waals surface area contributed by atoms with E-state index in [0.29, 0.717) is 22.9 Å². The number of hydrogen-bond donors (Lipinski definition) is 1. The lowest BCUT2D eigenvalue weighted by atomic mass is 10.1. The second-order valence-electron chi connectivity index (χ2n) is 11.2. The summed E-state index contributed by atoms with van der Waals surface area (Å²) in [4.78, 5) is 13.5. The number of sulfonamides is 1. The quantitative estimate of drug-likeness (QED) is 0.110. The summed E-state index contributed by atoms with van der Waals surface area (Å²) in [7, 11) is -4.07. The molecule has 0 heterocycles. The number of halogens is 1. The Morgan fingerprint density at radius 2 is 1.46 bits per heavy atom. The van der Waals surface area contributed by atoms with E-state index in [1.54, 1.807) is 72.8 Å². The number of aryl methyl sites for hydroxylation is 1. The van der Waals surface area contributed by atoms with Gasteiger partial charge in [0.2, 0.25) is 0 Å². The Morgan fingerprint density at radius 3 is 2.21 bits per heavy atom. The van der Waals surface area contributed by atoms with Crippen LogP contribution in [0.3, 0.4) is 0 Å². The minimum absolute atomic E-state index is 0.0176. The van der Waals surface area contributed by atoms with Gasteiger partial charge in [-0.1, -0.05) is 90.0 Å².